The van der Waals surface area contributed by atoms with Crippen molar-refractivity contribution in [2.24, 2.45) is 4.99 Å². The van der Waals surface area contributed by atoms with E-state index in [0.29, 0.717) is 19.0 Å². The van der Waals surface area contributed by atoms with Gasteiger partial charge in [-0.2, -0.15) is 0 Å². The van der Waals surface area contributed by atoms with Crippen molar-refractivity contribution >= 4 is 29.9 Å². The molecule has 9 heteroatoms. The van der Waals surface area contributed by atoms with Crippen LogP contribution in [0.3, 0.4) is 0 Å². The highest BCUT2D eigenvalue weighted by atomic mass is 127. The number of aliphatic hydroxyl groups excluding tert-OH is 1. The number of aliphatic hydroxyl groups is 1. The average molecular weight is 558 g/mol. The Bertz CT molecular complexity index is 861. The topological polar surface area (TPSA) is 78.4 Å². The third kappa shape index (κ3) is 7.29. The van der Waals surface area contributed by atoms with Gasteiger partial charge in [0.2, 0.25) is 0 Å². The number of benzene rings is 2. The van der Waals surface area contributed by atoms with Crippen LogP contribution in [0.1, 0.15) is 22.7 Å². The molecule has 1 saturated heterocycles. The number of rotatable bonds is 8. The summed E-state index contributed by atoms with van der Waals surface area (Å²) in [6.45, 7) is 3.98. The largest absolute Gasteiger partial charge is 0.497 e. The SMILES string of the molecule is CN=C(NCc1ccc(F)c(CO)c1)NCC(c1ccc(OC)cc1)N1CCOCC1.I. The van der Waals surface area contributed by atoms with Crippen molar-refractivity contribution in [2.75, 3.05) is 47.0 Å². The Hall–Kier alpha value is -1.95. The molecule has 32 heavy (non-hydrogen) atoms. The van der Waals surface area contributed by atoms with E-state index in [1.807, 2.05) is 12.1 Å². The van der Waals surface area contributed by atoms with E-state index in [1.54, 1.807) is 26.3 Å². The van der Waals surface area contributed by atoms with Crippen LogP contribution < -0.4 is 15.4 Å². The zero-order chi connectivity index (χ0) is 22.1. The molecular formula is C23H32FIN4O3. The minimum absolute atomic E-state index is 0. The molecule has 0 aromatic heterocycles. The second-order valence-corrected chi connectivity index (χ2v) is 7.33. The lowest BCUT2D eigenvalue weighted by molar-refractivity contribution is 0.0170. The van der Waals surface area contributed by atoms with Crippen molar-refractivity contribution in [3.63, 3.8) is 0 Å². The Labute approximate surface area is 206 Å². The number of ether oxygens (including phenoxy) is 2. The number of methoxy groups -OCH3 is 1. The molecule has 0 radical (unpaired) electrons. The standard InChI is InChI=1S/C23H31FN4O3.HI/c1-25-23(26-14-17-3-8-21(24)19(13-17)16-29)27-15-22(28-9-11-31-12-10-28)18-4-6-20(30-2)7-5-18;/h3-8,13,22,29H,9-12,14-16H2,1-2H3,(H2,25,26,27);1H. The maximum atomic E-state index is 13.6. The first kappa shape index (κ1) is 26.3. The van der Waals surface area contributed by atoms with Gasteiger partial charge in [0.15, 0.2) is 5.96 Å². The molecule has 0 bridgehead atoms. The average Bonchev–Trinajstić information content (AvgIpc) is 2.83. The van der Waals surface area contributed by atoms with Crippen molar-refractivity contribution in [1.82, 2.24) is 15.5 Å². The van der Waals surface area contributed by atoms with Crippen LogP contribution in [-0.4, -0.2) is 63.0 Å². The molecule has 1 unspecified atom stereocenters. The van der Waals surface area contributed by atoms with E-state index in [9.17, 15) is 9.50 Å². The zero-order valence-electron chi connectivity index (χ0n) is 18.5. The summed E-state index contributed by atoms with van der Waals surface area (Å²) in [5, 5.41) is 15.9. The molecule has 0 aliphatic carbocycles. The smallest absolute Gasteiger partial charge is 0.191 e. The number of aliphatic imine (C=N–C) groups is 1. The lowest BCUT2D eigenvalue weighted by Gasteiger charge is -2.35. The molecule has 1 heterocycles. The van der Waals surface area contributed by atoms with Crippen LogP contribution in [-0.2, 0) is 17.9 Å². The van der Waals surface area contributed by atoms with Gasteiger partial charge in [0.25, 0.3) is 0 Å². The Kier molecular flexibility index (Phi) is 11.1. The summed E-state index contributed by atoms with van der Waals surface area (Å²) in [5.74, 6) is 1.08. The van der Waals surface area contributed by atoms with Gasteiger partial charge in [-0.05, 0) is 35.4 Å². The second-order valence-electron chi connectivity index (χ2n) is 7.33. The van der Waals surface area contributed by atoms with Crippen LogP contribution in [0.5, 0.6) is 5.75 Å². The highest BCUT2D eigenvalue weighted by Gasteiger charge is 2.23. The van der Waals surface area contributed by atoms with Crippen LogP contribution in [0.4, 0.5) is 4.39 Å². The number of nitrogens with one attached hydrogen (secondary N) is 2. The molecule has 2 aromatic rings. The van der Waals surface area contributed by atoms with E-state index >= 15 is 0 Å². The van der Waals surface area contributed by atoms with Crippen molar-refractivity contribution in [3.8, 4) is 5.75 Å². The molecule has 1 aliphatic rings. The minimum Gasteiger partial charge on any atom is -0.497 e. The molecule has 3 N–H and O–H groups in total. The van der Waals surface area contributed by atoms with Gasteiger partial charge in [0.05, 0.1) is 33.0 Å². The summed E-state index contributed by atoms with van der Waals surface area (Å²) < 4.78 is 24.4. The Morgan fingerprint density at radius 2 is 1.91 bits per heavy atom. The van der Waals surface area contributed by atoms with Crippen molar-refractivity contribution < 1.29 is 19.0 Å². The first-order chi connectivity index (χ1) is 15.1. The summed E-state index contributed by atoms with van der Waals surface area (Å²) in [4.78, 5) is 6.71. The lowest BCUT2D eigenvalue weighted by Crippen LogP contribution is -2.46. The summed E-state index contributed by atoms with van der Waals surface area (Å²) in [5.41, 5.74) is 2.35. The molecule has 0 amide bonds. The zero-order valence-corrected chi connectivity index (χ0v) is 20.8. The third-order valence-electron chi connectivity index (χ3n) is 5.41. The summed E-state index contributed by atoms with van der Waals surface area (Å²) in [6, 6.07) is 13.0. The van der Waals surface area contributed by atoms with E-state index in [1.165, 1.54) is 11.6 Å². The Morgan fingerprint density at radius 1 is 1.19 bits per heavy atom. The fraction of sp³-hybridized carbons (Fsp3) is 0.435. The second kappa shape index (κ2) is 13.6. The fourth-order valence-electron chi connectivity index (χ4n) is 3.63. The number of hydrogen-bond acceptors (Lipinski definition) is 5. The quantitative estimate of drug-likeness (QED) is 0.263. The normalized spacial score (nSPS) is 15.6. The molecule has 2 aromatic carbocycles. The molecule has 0 spiro atoms. The molecule has 0 saturated carbocycles. The van der Waals surface area contributed by atoms with Gasteiger partial charge in [-0.1, -0.05) is 18.2 Å². The molecule has 7 nitrogen and oxygen atoms in total. The van der Waals surface area contributed by atoms with Crippen molar-refractivity contribution in [2.45, 2.75) is 19.2 Å². The van der Waals surface area contributed by atoms with E-state index in [0.717, 1.165) is 37.6 Å². The lowest BCUT2D eigenvalue weighted by atomic mass is 10.0. The maximum Gasteiger partial charge on any atom is 0.191 e. The van der Waals surface area contributed by atoms with Gasteiger partial charge in [-0.25, -0.2) is 4.39 Å². The molecular weight excluding hydrogens is 526 g/mol. The van der Waals surface area contributed by atoms with Crippen molar-refractivity contribution in [3.05, 3.63) is 65.0 Å². The molecule has 1 aliphatic heterocycles. The minimum atomic E-state index is -0.401. The van der Waals surface area contributed by atoms with Crippen LogP contribution in [0.25, 0.3) is 0 Å². The van der Waals surface area contributed by atoms with E-state index in [2.05, 4.69) is 32.7 Å². The highest BCUT2D eigenvalue weighted by molar-refractivity contribution is 14.0. The van der Waals surface area contributed by atoms with Crippen LogP contribution in [0.15, 0.2) is 47.5 Å². The van der Waals surface area contributed by atoms with Crippen LogP contribution >= 0.6 is 24.0 Å². The van der Waals surface area contributed by atoms with Gasteiger partial charge in [-0.15, -0.1) is 24.0 Å². The highest BCUT2D eigenvalue weighted by Crippen LogP contribution is 2.23. The number of nitrogens with zero attached hydrogens (tertiary/aromatic N) is 2. The molecule has 1 atom stereocenters. The van der Waals surface area contributed by atoms with E-state index in [-0.39, 0.29) is 42.2 Å². The molecule has 1 fully saturated rings. The number of guanidine groups is 1. The predicted octanol–water partition coefficient (Wildman–Crippen LogP) is 2.68. The third-order valence-corrected chi connectivity index (χ3v) is 5.41. The van der Waals surface area contributed by atoms with Gasteiger partial charge < -0.3 is 25.2 Å². The molecule has 3 rings (SSSR count). The number of halogens is 2. The first-order valence-electron chi connectivity index (χ1n) is 10.4. The van der Waals surface area contributed by atoms with Gasteiger partial charge in [-0.3, -0.25) is 9.89 Å². The monoisotopic (exact) mass is 558 g/mol. The van der Waals surface area contributed by atoms with E-state index in [4.69, 9.17) is 9.47 Å². The van der Waals surface area contributed by atoms with Gasteiger partial charge in [0.1, 0.15) is 11.6 Å². The van der Waals surface area contributed by atoms with Crippen molar-refractivity contribution in [1.29, 1.82) is 0 Å². The van der Waals surface area contributed by atoms with Gasteiger partial charge in [0, 0.05) is 38.8 Å². The summed E-state index contributed by atoms with van der Waals surface area (Å²) >= 11 is 0. The molecule has 176 valence electrons. The fourth-order valence-corrected chi connectivity index (χ4v) is 3.63. The first-order valence-corrected chi connectivity index (χ1v) is 10.4. The van der Waals surface area contributed by atoms with Gasteiger partial charge >= 0.3 is 0 Å². The summed E-state index contributed by atoms with van der Waals surface area (Å²) in [6.07, 6.45) is 0. The number of hydrogen-bond donors (Lipinski definition) is 3. The number of morpholine rings is 1. The Balaban J connectivity index is 0.00000363. The predicted molar refractivity (Wildman–Crippen MR) is 134 cm³/mol. The summed E-state index contributed by atoms with van der Waals surface area (Å²) in [7, 11) is 3.38. The maximum absolute atomic E-state index is 13.6. The van der Waals surface area contributed by atoms with Crippen LogP contribution in [0, 0.1) is 5.82 Å². The van der Waals surface area contributed by atoms with E-state index < -0.39 is 5.82 Å². The van der Waals surface area contributed by atoms with Crippen LogP contribution in [0.2, 0.25) is 0 Å². The Morgan fingerprint density at radius 3 is 2.53 bits per heavy atom.